The molecule has 1 unspecified atom stereocenters. The number of esters is 1. The Balaban J connectivity index is 2.22. The van der Waals surface area contributed by atoms with E-state index in [9.17, 15) is 4.79 Å². The van der Waals surface area contributed by atoms with Crippen molar-refractivity contribution in [2.45, 2.75) is 20.0 Å². The number of hydrogen-bond donors (Lipinski definition) is 0. The predicted molar refractivity (Wildman–Crippen MR) is 91.4 cm³/mol. The fourth-order valence-corrected chi connectivity index (χ4v) is 2.37. The van der Waals surface area contributed by atoms with Crippen molar-refractivity contribution >= 4 is 28.3 Å². The molecule has 0 heterocycles. The Morgan fingerprint density at radius 3 is 2.57 bits per heavy atom. The summed E-state index contributed by atoms with van der Waals surface area (Å²) in [6, 6.07) is 9.37. The zero-order valence-electron chi connectivity index (χ0n) is 13.4. The molecule has 4 nitrogen and oxygen atoms in total. The molecule has 0 aliphatic rings. The first-order chi connectivity index (χ1) is 10.9. The fourth-order valence-electron chi connectivity index (χ4n) is 2.12. The van der Waals surface area contributed by atoms with Crippen LogP contribution in [0.1, 0.15) is 13.8 Å². The minimum atomic E-state index is -0.438. The SMILES string of the molecule is C=C(C)C(=O)OC(C)COc1c(Cl)cc(OC)c2ccccc12. The van der Waals surface area contributed by atoms with Gasteiger partial charge in [-0.1, -0.05) is 42.4 Å². The molecule has 2 aromatic rings. The zero-order valence-corrected chi connectivity index (χ0v) is 14.1. The number of carbonyl (C=O) groups is 1. The monoisotopic (exact) mass is 334 g/mol. The third-order valence-corrected chi connectivity index (χ3v) is 3.53. The van der Waals surface area contributed by atoms with Gasteiger partial charge >= 0.3 is 5.97 Å². The predicted octanol–water partition coefficient (Wildman–Crippen LogP) is 4.39. The van der Waals surface area contributed by atoms with Gasteiger partial charge in [-0.25, -0.2) is 4.79 Å². The van der Waals surface area contributed by atoms with E-state index in [1.54, 1.807) is 27.0 Å². The summed E-state index contributed by atoms with van der Waals surface area (Å²) in [5.41, 5.74) is 0.352. The van der Waals surface area contributed by atoms with Gasteiger partial charge in [-0.15, -0.1) is 0 Å². The van der Waals surface area contributed by atoms with E-state index in [0.29, 0.717) is 22.1 Å². The van der Waals surface area contributed by atoms with E-state index in [0.717, 1.165) is 10.8 Å². The van der Waals surface area contributed by atoms with Gasteiger partial charge in [-0.3, -0.25) is 0 Å². The lowest BCUT2D eigenvalue weighted by Gasteiger charge is -2.17. The summed E-state index contributed by atoms with van der Waals surface area (Å²) >= 11 is 6.30. The highest BCUT2D eigenvalue weighted by Crippen LogP contribution is 2.39. The van der Waals surface area contributed by atoms with Crippen LogP contribution in [0.4, 0.5) is 0 Å². The van der Waals surface area contributed by atoms with Crippen molar-refractivity contribution < 1.29 is 19.0 Å². The molecule has 1 atom stereocenters. The van der Waals surface area contributed by atoms with Gasteiger partial charge in [0.15, 0.2) is 0 Å². The summed E-state index contributed by atoms with van der Waals surface area (Å²) in [5.74, 6) is 0.785. The van der Waals surface area contributed by atoms with Crippen molar-refractivity contribution in [2.75, 3.05) is 13.7 Å². The van der Waals surface area contributed by atoms with Gasteiger partial charge in [-0.2, -0.15) is 0 Å². The maximum absolute atomic E-state index is 11.5. The lowest BCUT2D eigenvalue weighted by molar-refractivity contribution is -0.144. The van der Waals surface area contributed by atoms with Crippen LogP contribution in [0.2, 0.25) is 5.02 Å². The number of methoxy groups -OCH3 is 1. The van der Waals surface area contributed by atoms with Crippen LogP contribution in [0, 0.1) is 0 Å². The van der Waals surface area contributed by atoms with Crippen LogP contribution < -0.4 is 9.47 Å². The van der Waals surface area contributed by atoms with Crippen molar-refractivity contribution in [2.24, 2.45) is 0 Å². The van der Waals surface area contributed by atoms with Crippen LogP contribution in [0.25, 0.3) is 10.8 Å². The molecule has 2 rings (SSSR count). The first kappa shape index (κ1) is 17.2. The molecule has 0 spiro atoms. The molecule has 0 saturated carbocycles. The molecule has 0 saturated heterocycles. The molecule has 0 aliphatic heterocycles. The molecule has 5 heteroatoms. The Bertz CT molecular complexity index is 739. The summed E-state index contributed by atoms with van der Waals surface area (Å²) in [4.78, 5) is 11.5. The van der Waals surface area contributed by atoms with Crippen LogP contribution in [0.5, 0.6) is 11.5 Å². The summed E-state index contributed by atoms with van der Waals surface area (Å²) in [5, 5.41) is 2.19. The smallest absolute Gasteiger partial charge is 0.333 e. The number of hydrogen-bond acceptors (Lipinski definition) is 4. The molecule has 0 radical (unpaired) electrons. The Morgan fingerprint density at radius 1 is 1.30 bits per heavy atom. The molecular formula is C18H19ClO4. The minimum absolute atomic E-state index is 0.190. The van der Waals surface area contributed by atoms with Crippen LogP contribution >= 0.6 is 11.6 Å². The molecule has 0 aromatic heterocycles. The second kappa shape index (κ2) is 7.38. The molecule has 0 fully saturated rings. The van der Waals surface area contributed by atoms with Gasteiger partial charge < -0.3 is 14.2 Å². The maximum Gasteiger partial charge on any atom is 0.333 e. The van der Waals surface area contributed by atoms with E-state index in [1.165, 1.54) is 0 Å². The van der Waals surface area contributed by atoms with Gasteiger partial charge in [0.05, 0.1) is 12.1 Å². The highest BCUT2D eigenvalue weighted by molar-refractivity contribution is 6.33. The Hall–Kier alpha value is -2.20. The lowest BCUT2D eigenvalue weighted by atomic mass is 10.1. The van der Waals surface area contributed by atoms with Crippen LogP contribution in [-0.4, -0.2) is 25.8 Å². The minimum Gasteiger partial charge on any atom is -0.496 e. The van der Waals surface area contributed by atoms with Gasteiger partial charge in [0.2, 0.25) is 0 Å². The molecule has 0 amide bonds. The average Bonchev–Trinajstić information content (AvgIpc) is 2.53. The zero-order chi connectivity index (χ0) is 17.0. The second-order valence-electron chi connectivity index (χ2n) is 5.24. The number of carbonyl (C=O) groups excluding carboxylic acids is 1. The average molecular weight is 335 g/mol. The summed E-state index contributed by atoms with van der Waals surface area (Å²) in [7, 11) is 1.60. The van der Waals surface area contributed by atoms with E-state index in [-0.39, 0.29) is 6.61 Å². The Morgan fingerprint density at radius 2 is 1.96 bits per heavy atom. The molecule has 0 bridgehead atoms. The Kier molecular flexibility index (Phi) is 5.50. The first-order valence-electron chi connectivity index (χ1n) is 7.18. The van der Waals surface area contributed by atoms with Crippen LogP contribution in [0.15, 0.2) is 42.5 Å². The standard InChI is InChI=1S/C18H19ClO4/c1-11(2)18(20)23-12(3)10-22-17-14-8-6-5-7-13(14)16(21-4)9-15(17)19/h5-9,12H,1,10H2,2-4H3. The summed E-state index contributed by atoms with van der Waals surface area (Å²) in [6.07, 6.45) is -0.420. The van der Waals surface area contributed by atoms with Gasteiger partial charge in [-0.05, 0) is 13.8 Å². The van der Waals surface area contributed by atoms with E-state index in [4.69, 9.17) is 25.8 Å². The van der Waals surface area contributed by atoms with Gasteiger partial charge in [0.25, 0.3) is 0 Å². The molecule has 23 heavy (non-hydrogen) atoms. The largest absolute Gasteiger partial charge is 0.496 e. The topological polar surface area (TPSA) is 44.8 Å². The highest BCUT2D eigenvalue weighted by Gasteiger charge is 2.15. The molecular weight excluding hydrogens is 316 g/mol. The lowest BCUT2D eigenvalue weighted by Crippen LogP contribution is -2.22. The van der Waals surface area contributed by atoms with E-state index >= 15 is 0 Å². The molecule has 0 aliphatic carbocycles. The van der Waals surface area contributed by atoms with Gasteiger partial charge in [0, 0.05) is 22.4 Å². The second-order valence-corrected chi connectivity index (χ2v) is 5.65. The fraction of sp³-hybridized carbons (Fsp3) is 0.278. The number of ether oxygens (including phenoxy) is 3. The van der Waals surface area contributed by atoms with Crippen molar-refractivity contribution in [3.8, 4) is 11.5 Å². The number of fused-ring (bicyclic) bond motifs is 1. The highest BCUT2D eigenvalue weighted by atomic mass is 35.5. The van der Waals surface area contributed by atoms with Gasteiger partial charge in [0.1, 0.15) is 24.2 Å². The van der Waals surface area contributed by atoms with E-state index < -0.39 is 12.1 Å². The van der Waals surface area contributed by atoms with E-state index in [2.05, 4.69) is 6.58 Å². The maximum atomic E-state index is 11.5. The summed E-state index contributed by atoms with van der Waals surface area (Å²) in [6.45, 7) is 7.09. The van der Waals surface area contributed by atoms with Crippen LogP contribution in [0.3, 0.4) is 0 Å². The summed E-state index contributed by atoms with van der Waals surface area (Å²) < 4.78 is 16.3. The molecule has 0 N–H and O–H groups in total. The van der Waals surface area contributed by atoms with Crippen molar-refractivity contribution in [3.05, 3.63) is 47.5 Å². The Labute approximate surface area is 140 Å². The molecule has 2 aromatic carbocycles. The normalized spacial score (nSPS) is 11.8. The number of rotatable bonds is 6. The number of halogens is 1. The van der Waals surface area contributed by atoms with Crippen molar-refractivity contribution in [1.82, 2.24) is 0 Å². The quantitative estimate of drug-likeness (QED) is 0.580. The van der Waals surface area contributed by atoms with E-state index in [1.807, 2.05) is 24.3 Å². The molecule has 122 valence electrons. The van der Waals surface area contributed by atoms with Crippen molar-refractivity contribution in [3.63, 3.8) is 0 Å². The third-order valence-electron chi connectivity index (χ3n) is 3.25. The number of benzene rings is 2. The first-order valence-corrected chi connectivity index (χ1v) is 7.56. The van der Waals surface area contributed by atoms with Crippen LogP contribution in [-0.2, 0) is 9.53 Å². The van der Waals surface area contributed by atoms with Crippen molar-refractivity contribution in [1.29, 1.82) is 0 Å². The third kappa shape index (κ3) is 3.96.